The molecule has 5 nitrogen and oxygen atoms in total. The van der Waals surface area contributed by atoms with Crippen LogP contribution in [0, 0.1) is 41.4 Å². The van der Waals surface area contributed by atoms with Crippen LogP contribution in [0.3, 0.4) is 0 Å². The van der Waals surface area contributed by atoms with Gasteiger partial charge >= 0.3 is 0 Å². The first kappa shape index (κ1) is 28.4. The van der Waals surface area contributed by atoms with Crippen LogP contribution in [0.2, 0.25) is 0 Å². The fraction of sp³-hybridized carbons (Fsp3) is 1.00. The largest absolute Gasteiger partial charge is 0.375 e. The van der Waals surface area contributed by atoms with Crippen molar-refractivity contribution < 1.29 is 23.7 Å². The second-order valence-corrected chi connectivity index (χ2v) is 11.9. The lowest BCUT2D eigenvalue weighted by molar-refractivity contribution is -0.338. The molecule has 3 heterocycles. The molecular weight excluding hydrogens is 428 g/mol. The van der Waals surface area contributed by atoms with Crippen LogP contribution < -0.4 is 0 Å². The highest BCUT2D eigenvalue weighted by molar-refractivity contribution is 4.91. The highest BCUT2D eigenvalue weighted by atomic mass is 16.7. The molecule has 3 saturated heterocycles. The summed E-state index contributed by atoms with van der Waals surface area (Å²) in [5.41, 5.74) is 0. The highest BCUT2D eigenvalue weighted by Crippen LogP contribution is 2.42. The van der Waals surface area contributed by atoms with Crippen LogP contribution in [0.5, 0.6) is 0 Å². The maximum Gasteiger partial charge on any atom is 0.161 e. The second-order valence-electron chi connectivity index (χ2n) is 11.9. The van der Waals surface area contributed by atoms with Gasteiger partial charge in [0.2, 0.25) is 0 Å². The van der Waals surface area contributed by atoms with Crippen molar-refractivity contribution in [3.63, 3.8) is 0 Å². The molecule has 7 unspecified atom stereocenters. The molecule has 3 fully saturated rings. The molecule has 34 heavy (non-hydrogen) atoms. The summed E-state index contributed by atoms with van der Waals surface area (Å²) >= 11 is 0. The smallest absolute Gasteiger partial charge is 0.161 e. The van der Waals surface area contributed by atoms with Crippen LogP contribution in [-0.4, -0.2) is 49.2 Å². The summed E-state index contributed by atoms with van der Waals surface area (Å²) in [6.07, 6.45) is 3.40. The van der Waals surface area contributed by atoms with Crippen molar-refractivity contribution in [1.29, 1.82) is 0 Å². The third-order valence-electron chi connectivity index (χ3n) is 9.98. The molecule has 0 aromatic rings. The summed E-state index contributed by atoms with van der Waals surface area (Å²) in [7, 11) is 0. The van der Waals surface area contributed by atoms with Crippen LogP contribution in [0.1, 0.15) is 95.4 Å². The van der Waals surface area contributed by atoms with Gasteiger partial charge in [-0.25, -0.2) is 0 Å². The minimum absolute atomic E-state index is 0.00609. The van der Waals surface area contributed by atoms with Crippen molar-refractivity contribution in [2.45, 2.75) is 145 Å². The molecule has 3 aliphatic rings. The Bertz CT molecular complexity index is 624. The molecule has 0 aromatic carbocycles. The van der Waals surface area contributed by atoms with E-state index in [2.05, 4.69) is 76.2 Å². The third-order valence-corrected chi connectivity index (χ3v) is 9.98. The molecule has 0 spiro atoms. The van der Waals surface area contributed by atoms with Gasteiger partial charge in [-0.3, -0.25) is 0 Å². The van der Waals surface area contributed by atoms with E-state index >= 15 is 0 Å². The second kappa shape index (κ2) is 11.9. The van der Waals surface area contributed by atoms with Crippen molar-refractivity contribution in [3.8, 4) is 0 Å². The Labute approximate surface area is 210 Å². The van der Waals surface area contributed by atoms with Gasteiger partial charge in [0.1, 0.15) is 0 Å². The zero-order chi connectivity index (χ0) is 25.3. The van der Waals surface area contributed by atoms with Crippen molar-refractivity contribution >= 4 is 0 Å². The van der Waals surface area contributed by atoms with Crippen LogP contribution in [-0.2, 0) is 23.7 Å². The van der Waals surface area contributed by atoms with Crippen LogP contribution >= 0.6 is 0 Å². The van der Waals surface area contributed by atoms with E-state index in [9.17, 15) is 0 Å². The van der Waals surface area contributed by atoms with E-state index in [0.717, 1.165) is 19.3 Å². The van der Waals surface area contributed by atoms with Crippen molar-refractivity contribution in [1.82, 2.24) is 0 Å². The van der Waals surface area contributed by atoms with Gasteiger partial charge in [-0.1, -0.05) is 69.2 Å². The average molecular weight is 483 g/mol. The summed E-state index contributed by atoms with van der Waals surface area (Å²) < 4.78 is 33.0. The average Bonchev–Trinajstić information content (AvgIpc) is 2.83. The minimum atomic E-state index is -0.218. The Kier molecular flexibility index (Phi) is 9.93. The van der Waals surface area contributed by atoms with E-state index in [-0.39, 0.29) is 55.1 Å². The summed E-state index contributed by atoms with van der Waals surface area (Å²) in [4.78, 5) is 0. The lowest BCUT2D eigenvalue weighted by atomic mass is 9.78. The van der Waals surface area contributed by atoms with E-state index in [1.165, 1.54) is 0 Å². The number of hydrogen-bond acceptors (Lipinski definition) is 5. The Morgan fingerprint density at radius 2 is 0.912 bits per heavy atom. The molecule has 15 atom stereocenters. The van der Waals surface area contributed by atoms with E-state index < -0.39 is 0 Å². The molecule has 3 aliphatic heterocycles. The maximum absolute atomic E-state index is 6.81. The molecule has 5 heteroatoms. The summed E-state index contributed by atoms with van der Waals surface area (Å²) in [6.45, 7) is 24.8. The third kappa shape index (κ3) is 5.54. The van der Waals surface area contributed by atoms with Gasteiger partial charge in [0, 0.05) is 23.7 Å². The summed E-state index contributed by atoms with van der Waals surface area (Å²) in [5.74, 6) is 2.73. The first-order valence-electron chi connectivity index (χ1n) is 14.3. The summed E-state index contributed by atoms with van der Waals surface area (Å²) in [5, 5.41) is 0. The van der Waals surface area contributed by atoms with Gasteiger partial charge in [-0.15, -0.1) is 0 Å². The van der Waals surface area contributed by atoms with Crippen molar-refractivity contribution in [2.24, 2.45) is 41.4 Å². The van der Waals surface area contributed by atoms with Crippen LogP contribution in [0.25, 0.3) is 0 Å². The fourth-order valence-corrected chi connectivity index (χ4v) is 6.57. The number of rotatable bonds is 7. The Morgan fingerprint density at radius 1 is 0.441 bits per heavy atom. The van der Waals surface area contributed by atoms with Crippen LogP contribution in [0.4, 0.5) is 0 Å². The van der Waals surface area contributed by atoms with E-state index in [0.29, 0.717) is 35.5 Å². The van der Waals surface area contributed by atoms with Gasteiger partial charge in [0.05, 0.1) is 36.6 Å². The first-order valence-corrected chi connectivity index (χ1v) is 14.3. The molecule has 0 N–H and O–H groups in total. The molecule has 200 valence electrons. The molecule has 0 aromatic heterocycles. The topological polar surface area (TPSA) is 46.2 Å². The number of ether oxygens (including phenoxy) is 5. The lowest BCUT2D eigenvalue weighted by Gasteiger charge is -2.51. The zero-order valence-electron chi connectivity index (χ0n) is 23.8. The molecule has 0 bridgehead atoms. The Balaban J connectivity index is 1.72. The maximum atomic E-state index is 6.81. The molecule has 0 radical (unpaired) electrons. The Morgan fingerprint density at radius 3 is 1.47 bits per heavy atom. The first-order chi connectivity index (χ1) is 16.0. The van der Waals surface area contributed by atoms with Gasteiger partial charge in [-0.2, -0.15) is 0 Å². The van der Waals surface area contributed by atoms with Gasteiger partial charge in [0.25, 0.3) is 0 Å². The molecule has 0 saturated carbocycles. The monoisotopic (exact) mass is 482 g/mol. The molecule has 3 rings (SSSR count). The standard InChI is InChI=1S/C29H54O5/c1-12-23-16(5)15(4)18(7)28(31-23)34-27-17(6)19(8)29(32-25(27)14-3)33-26-20(9)22(11)30-24(13-2)21(26)10/h15-29H,12-14H2,1-11H3/t15?,16-,17-,18?,19?,20?,21+,22?,23+,24?,25?,26-,27+,28+,29+/m1/s1. The SMILES string of the molecule is CCC1O[C@@H](O[C@@H]2C(C)C(C)OC(CC)[C@@H]2C)C(C)[C@@H](C)[C@@H]1O[C@@H]1O[C@@H](CC)[C@H](C)C(C)C1C. The molecule has 0 aliphatic carbocycles. The Hall–Kier alpha value is -0.200. The normalized spacial score (nSPS) is 52.5. The predicted molar refractivity (Wildman–Crippen MR) is 136 cm³/mol. The quantitative estimate of drug-likeness (QED) is 0.405. The van der Waals surface area contributed by atoms with Gasteiger partial charge in [0.15, 0.2) is 12.6 Å². The molecular formula is C29H54O5. The minimum Gasteiger partial charge on any atom is -0.375 e. The van der Waals surface area contributed by atoms with E-state index in [1.54, 1.807) is 0 Å². The number of hydrogen-bond donors (Lipinski definition) is 0. The van der Waals surface area contributed by atoms with Gasteiger partial charge in [-0.05, 0) is 43.9 Å². The van der Waals surface area contributed by atoms with Crippen molar-refractivity contribution in [2.75, 3.05) is 0 Å². The highest BCUT2D eigenvalue weighted by Gasteiger charge is 2.48. The van der Waals surface area contributed by atoms with E-state index in [4.69, 9.17) is 23.7 Å². The van der Waals surface area contributed by atoms with Crippen LogP contribution in [0.15, 0.2) is 0 Å². The zero-order valence-corrected chi connectivity index (χ0v) is 23.8. The lowest BCUT2D eigenvalue weighted by Crippen LogP contribution is -2.57. The van der Waals surface area contributed by atoms with Crippen molar-refractivity contribution in [3.05, 3.63) is 0 Å². The molecule has 0 amide bonds. The fourth-order valence-electron chi connectivity index (χ4n) is 6.57. The predicted octanol–water partition coefficient (Wildman–Crippen LogP) is 6.68. The summed E-state index contributed by atoms with van der Waals surface area (Å²) in [6, 6.07) is 0. The van der Waals surface area contributed by atoms with Gasteiger partial charge < -0.3 is 23.7 Å². The van der Waals surface area contributed by atoms with E-state index in [1.807, 2.05) is 0 Å².